The minimum absolute atomic E-state index is 0.0417. The van der Waals surface area contributed by atoms with Crippen molar-refractivity contribution in [2.75, 3.05) is 19.9 Å². The minimum atomic E-state index is -0.827. The predicted octanol–water partition coefficient (Wildman–Crippen LogP) is -1.29. The molecule has 0 spiro atoms. The van der Waals surface area contributed by atoms with E-state index >= 15 is 0 Å². The molecule has 2 heterocycles. The van der Waals surface area contributed by atoms with Crippen LogP contribution in [-0.2, 0) is 19.2 Å². The van der Waals surface area contributed by atoms with E-state index in [2.05, 4.69) is 25.7 Å². The second-order valence-electron chi connectivity index (χ2n) is 3.98. The van der Waals surface area contributed by atoms with E-state index in [0.29, 0.717) is 0 Å². The Labute approximate surface area is 133 Å². The summed E-state index contributed by atoms with van der Waals surface area (Å²) < 4.78 is 0. The van der Waals surface area contributed by atoms with Crippen molar-refractivity contribution in [3.63, 3.8) is 0 Å². The lowest BCUT2D eigenvalue weighted by atomic mass is 10.3. The molecule has 0 aromatic carbocycles. The molecule has 1 unspecified atom stereocenters. The smallest absolute Gasteiger partial charge is 0.323 e. The summed E-state index contributed by atoms with van der Waals surface area (Å²) in [6.45, 7) is 0. The van der Waals surface area contributed by atoms with Gasteiger partial charge in [0.1, 0.15) is 12.8 Å². The average Bonchev–Trinajstić information content (AvgIpc) is 2.88. The number of nitrogens with zero attached hydrogens (tertiary/aromatic N) is 3. The molecule has 1 aliphatic heterocycles. The van der Waals surface area contributed by atoms with Crippen LogP contribution in [-0.4, -0.2) is 52.3 Å². The third kappa shape index (κ3) is 3.52. The van der Waals surface area contributed by atoms with Gasteiger partial charge in [0.15, 0.2) is 16.3 Å². The molecule has 1 aliphatic rings. The van der Waals surface area contributed by atoms with Crippen LogP contribution in [0, 0.1) is 0 Å². The molecule has 1 fully saturated rings. The van der Waals surface area contributed by atoms with E-state index in [1.165, 1.54) is 19.2 Å². The number of oxime groups is 1. The third-order valence-corrected chi connectivity index (χ3v) is 4.19. The van der Waals surface area contributed by atoms with Gasteiger partial charge in [0, 0.05) is 12.4 Å². The molecular weight excluding hydrogens is 332 g/mol. The van der Waals surface area contributed by atoms with Crippen LogP contribution >= 0.6 is 23.1 Å². The molecule has 1 atom stereocenters. The number of aromatic nitrogens is 1. The average molecular weight is 344 g/mol. The quantitative estimate of drug-likeness (QED) is 0.348. The Hall–Kier alpha value is -2.18. The highest BCUT2D eigenvalue weighted by Crippen LogP contribution is 2.19. The van der Waals surface area contributed by atoms with Gasteiger partial charge in [-0.3, -0.25) is 19.8 Å². The van der Waals surface area contributed by atoms with Crippen molar-refractivity contribution >= 4 is 50.9 Å². The maximum absolute atomic E-state index is 12.3. The summed E-state index contributed by atoms with van der Waals surface area (Å²) in [6.07, 6.45) is 0. The molecule has 1 aromatic heterocycles. The largest absolute Gasteiger partial charge is 0.398 e. The van der Waals surface area contributed by atoms with Crippen LogP contribution in [0.4, 0.5) is 5.13 Å². The fraction of sp³-hybridized carbons (Fsp3) is 0.300. The number of hydrazine groups is 1. The first-order valence-electron chi connectivity index (χ1n) is 5.80. The number of hydrogen-bond acceptors (Lipinski definition) is 10. The predicted molar refractivity (Wildman–Crippen MR) is 80.5 cm³/mol. The standard InChI is InChI=1S/C10H12N6O4S2/c1-16-10(13-6(17)7(18)14-16)22-8(19)5(15-20-2)4-3-21-9(11)12-4/h3,10H,1-2H3,(H2,11,12)(H,13,17)(H,14,18)/b15-5-. The maximum atomic E-state index is 12.3. The van der Waals surface area contributed by atoms with Crippen molar-refractivity contribution in [1.82, 2.24) is 20.7 Å². The minimum Gasteiger partial charge on any atom is -0.398 e. The highest BCUT2D eigenvalue weighted by Gasteiger charge is 2.33. The molecule has 1 saturated heterocycles. The summed E-state index contributed by atoms with van der Waals surface area (Å²) in [5.41, 5.74) is 7.29. The van der Waals surface area contributed by atoms with E-state index in [0.717, 1.165) is 23.1 Å². The van der Waals surface area contributed by atoms with Crippen LogP contribution in [0.1, 0.15) is 5.69 Å². The van der Waals surface area contributed by atoms with Gasteiger partial charge in [0.05, 0.1) is 0 Å². The first-order valence-corrected chi connectivity index (χ1v) is 7.56. The van der Waals surface area contributed by atoms with Crippen molar-refractivity contribution in [1.29, 1.82) is 0 Å². The van der Waals surface area contributed by atoms with Gasteiger partial charge in [-0.1, -0.05) is 5.16 Å². The zero-order chi connectivity index (χ0) is 16.3. The molecule has 118 valence electrons. The number of nitrogens with one attached hydrogen (secondary N) is 2. The van der Waals surface area contributed by atoms with Crippen LogP contribution in [0.5, 0.6) is 0 Å². The molecule has 4 N–H and O–H groups in total. The van der Waals surface area contributed by atoms with E-state index in [9.17, 15) is 14.4 Å². The number of anilines is 1. The molecule has 10 nitrogen and oxygen atoms in total. The van der Waals surface area contributed by atoms with Gasteiger partial charge in [-0.2, -0.15) is 5.01 Å². The van der Waals surface area contributed by atoms with Gasteiger partial charge in [0.2, 0.25) is 5.12 Å². The van der Waals surface area contributed by atoms with Crippen LogP contribution in [0.3, 0.4) is 0 Å². The van der Waals surface area contributed by atoms with Gasteiger partial charge >= 0.3 is 11.8 Å². The number of thioether (sulfide) groups is 1. The summed E-state index contributed by atoms with van der Waals surface area (Å²) in [5, 5.41) is 8.68. The molecule has 12 heteroatoms. The van der Waals surface area contributed by atoms with Gasteiger partial charge in [0.25, 0.3) is 0 Å². The highest BCUT2D eigenvalue weighted by molar-refractivity contribution is 8.15. The van der Waals surface area contributed by atoms with Gasteiger partial charge in [-0.25, -0.2) is 4.98 Å². The molecule has 2 amide bonds. The maximum Gasteiger partial charge on any atom is 0.323 e. The molecule has 0 radical (unpaired) electrons. The topological polar surface area (TPSA) is 139 Å². The number of rotatable bonds is 4. The van der Waals surface area contributed by atoms with Crippen LogP contribution in [0.2, 0.25) is 0 Å². The van der Waals surface area contributed by atoms with Crippen LogP contribution < -0.4 is 16.5 Å². The molecule has 22 heavy (non-hydrogen) atoms. The lowest BCUT2D eigenvalue weighted by Gasteiger charge is -2.31. The molecule has 1 aromatic rings. The second-order valence-corrected chi connectivity index (χ2v) is 5.92. The fourth-order valence-corrected chi connectivity index (χ4v) is 2.87. The van der Waals surface area contributed by atoms with Crippen LogP contribution in [0.25, 0.3) is 0 Å². The molecular formula is C10H12N6O4S2. The van der Waals surface area contributed by atoms with Crippen molar-refractivity contribution < 1.29 is 19.2 Å². The Balaban J connectivity index is 2.13. The normalized spacial score (nSPS) is 19.5. The summed E-state index contributed by atoms with van der Waals surface area (Å²) in [6, 6.07) is 0. The Kier molecular flexibility index (Phi) is 4.95. The van der Waals surface area contributed by atoms with E-state index < -0.39 is 22.4 Å². The SMILES string of the molecule is CO/N=C(\C(=O)SC1NC(=O)C(=O)NN1C)c1csc(N)n1. The fourth-order valence-electron chi connectivity index (χ4n) is 1.49. The zero-order valence-corrected chi connectivity index (χ0v) is 13.2. The number of amides is 2. The number of carbonyl (C=O) groups is 3. The Morgan fingerprint density at radius 1 is 1.55 bits per heavy atom. The zero-order valence-electron chi connectivity index (χ0n) is 11.5. The first kappa shape index (κ1) is 16.2. The summed E-state index contributed by atoms with van der Waals surface area (Å²) in [4.78, 5) is 43.5. The van der Waals surface area contributed by atoms with E-state index in [1.54, 1.807) is 5.38 Å². The third-order valence-electron chi connectivity index (χ3n) is 2.45. The van der Waals surface area contributed by atoms with E-state index in [-0.39, 0.29) is 16.5 Å². The molecule has 0 saturated carbocycles. The number of thiazole rings is 1. The number of hydrogen-bond donors (Lipinski definition) is 3. The Morgan fingerprint density at radius 3 is 2.86 bits per heavy atom. The lowest BCUT2D eigenvalue weighted by molar-refractivity contribution is -0.146. The highest BCUT2D eigenvalue weighted by atomic mass is 32.2. The monoisotopic (exact) mass is 344 g/mol. The summed E-state index contributed by atoms with van der Waals surface area (Å²) >= 11 is 1.89. The van der Waals surface area contributed by atoms with E-state index in [1.807, 2.05) is 0 Å². The van der Waals surface area contributed by atoms with Gasteiger partial charge in [-0.05, 0) is 11.8 Å². The van der Waals surface area contributed by atoms with E-state index in [4.69, 9.17) is 5.73 Å². The number of nitrogen functional groups attached to an aromatic ring is 1. The van der Waals surface area contributed by atoms with Crippen LogP contribution in [0.15, 0.2) is 10.5 Å². The lowest BCUT2D eigenvalue weighted by Crippen LogP contribution is -2.62. The Morgan fingerprint density at radius 2 is 2.27 bits per heavy atom. The Bertz CT molecular complexity index is 645. The van der Waals surface area contributed by atoms with Crippen molar-refractivity contribution in [2.45, 2.75) is 5.50 Å². The first-order chi connectivity index (χ1) is 10.4. The van der Waals surface area contributed by atoms with Crippen molar-refractivity contribution in [2.24, 2.45) is 5.16 Å². The van der Waals surface area contributed by atoms with Crippen molar-refractivity contribution in [3.05, 3.63) is 11.1 Å². The van der Waals surface area contributed by atoms with Crippen molar-refractivity contribution in [3.8, 4) is 0 Å². The molecule has 0 aliphatic carbocycles. The summed E-state index contributed by atoms with van der Waals surface area (Å²) in [7, 11) is 2.80. The second kappa shape index (κ2) is 6.72. The molecule has 2 rings (SSSR count). The summed E-state index contributed by atoms with van der Waals surface area (Å²) in [5.74, 6) is -1.63. The van der Waals surface area contributed by atoms with Gasteiger partial charge < -0.3 is 15.9 Å². The number of nitrogens with two attached hydrogens (primary N) is 1. The van der Waals surface area contributed by atoms with Gasteiger partial charge in [-0.15, -0.1) is 11.3 Å². The molecule has 0 bridgehead atoms. The number of carbonyl (C=O) groups excluding carboxylic acids is 3.